The summed E-state index contributed by atoms with van der Waals surface area (Å²) in [6.07, 6.45) is 6.02. The molecule has 1 fully saturated rings. The topological polar surface area (TPSA) is 46.8 Å². The van der Waals surface area contributed by atoms with Crippen molar-refractivity contribution in [1.82, 2.24) is 14.3 Å². The van der Waals surface area contributed by atoms with E-state index >= 15 is 0 Å². The number of likely N-dealkylation sites (tertiary alicyclic amines) is 1. The van der Waals surface area contributed by atoms with Gasteiger partial charge in [-0.05, 0) is 44.5 Å². The van der Waals surface area contributed by atoms with Crippen molar-refractivity contribution >= 4 is 11.6 Å². The van der Waals surface area contributed by atoms with Gasteiger partial charge in [0.1, 0.15) is 5.65 Å². The molecule has 0 radical (unpaired) electrons. The maximum Gasteiger partial charge on any atom is 0.339 e. The van der Waals surface area contributed by atoms with Crippen molar-refractivity contribution < 1.29 is 9.53 Å². The van der Waals surface area contributed by atoms with Crippen molar-refractivity contribution in [2.24, 2.45) is 5.92 Å². The number of carbonyl (C=O) groups excluding carboxylic acids is 1. The van der Waals surface area contributed by atoms with Crippen LogP contribution < -0.4 is 0 Å². The van der Waals surface area contributed by atoms with Crippen molar-refractivity contribution in [1.29, 1.82) is 0 Å². The lowest BCUT2D eigenvalue weighted by molar-refractivity contribution is 0.0600. The minimum Gasteiger partial charge on any atom is -0.465 e. The second kappa shape index (κ2) is 5.25. The Balaban J connectivity index is 1.81. The quantitative estimate of drug-likeness (QED) is 0.797. The van der Waals surface area contributed by atoms with Gasteiger partial charge in [-0.15, -0.1) is 0 Å². The number of hydrogen-bond donors (Lipinski definition) is 0. The van der Waals surface area contributed by atoms with Crippen LogP contribution in [0, 0.1) is 5.92 Å². The fourth-order valence-corrected chi connectivity index (χ4v) is 2.87. The highest BCUT2D eigenvalue weighted by Gasteiger charge is 2.20. The van der Waals surface area contributed by atoms with Gasteiger partial charge in [0.05, 0.1) is 18.4 Å². The second-order valence-corrected chi connectivity index (χ2v) is 5.53. The van der Waals surface area contributed by atoms with Crippen LogP contribution in [0.3, 0.4) is 0 Å². The Bertz CT molecular complexity index is 635. The first-order chi connectivity index (χ1) is 9.65. The molecule has 106 valence electrons. The molecule has 3 rings (SSSR count). The molecule has 1 saturated heterocycles. The van der Waals surface area contributed by atoms with E-state index in [4.69, 9.17) is 4.74 Å². The summed E-state index contributed by atoms with van der Waals surface area (Å²) in [6, 6.07) is 3.61. The molecule has 5 nitrogen and oxygen atoms in total. The van der Waals surface area contributed by atoms with E-state index < -0.39 is 0 Å². The fraction of sp³-hybridized carbons (Fsp3) is 0.467. The molecule has 1 aliphatic rings. The molecule has 0 amide bonds. The normalized spacial score (nSPS) is 19.6. The van der Waals surface area contributed by atoms with Crippen LogP contribution in [0.5, 0.6) is 0 Å². The first-order valence-electron chi connectivity index (χ1n) is 6.90. The van der Waals surface area contributed by atoms with Gasteiger partial charge in [0.25, 0.3) is 0 Å². The van der Waals surface area contributed by atoms with Gasteiger partial charge in [-0.25, -0.2) is 9.78 Å². The third-order valence-electron chi connectivity index (χ3n) is 3.91. The van der Waals surface area contributed by atoms with Crippen LogP contribution in [0.25, 0.3) is 5.65 Å². The van der Waals surface area contributed by atoms with Gasteiger partial charge in [-0.1, -0.05) is 0 Å². The number of esters is 1. The predicted octanol–water partition coefficient (Wildman–Crippen LogP) is 1.62. The zero-order valence-corrected chi connectivity index (χ0v) is 11.9. The van der Waals surface area contributed by atoms with E-state index in [1.807, 2.05) is 16.7 Å². The summed E-state index contributed by atoms with van der Waals surface area (Å²) < 4.78 is 6.64. The predicted molar refractivity (Wildman–Crippen MR) is 75.8 cm³/mol. The molecule has 0 aliphatic carbocycles. The van der Waals surface area contributed by atoms with Gasteiger partial charge in [0.2, 0.25) is 0 Å². The van der Waals surface area contributed by atoms with E-state index in [-0.39, 0.29) is 5.97 Å². The summed E-state index contributed by atoms with van der Waals surface area (Å²) in [5.41, 5.74) is 2.51. The Morgan fingerprint density at radius 1 is 1.45 bits per heavy atom. The van der Waals surface area contributed by atoms with Crippen LogP contribution in [0.1, 0.15) is 22.5 Å². The molecule has 5 heteroatoms. The van der Waals surface area contributed by atoms with E-state index in [2.05, 4.69) is 16.9 Å². The molecule has 2 aromatic rings. The van der Waals surface area contributed by atoms with Crippen LogP contribution in [-0.2, 0) is 11.2 Å². The number of rotatable bonds is 3. The van der Waals surface area contributed by atoms with E-state index in [0.717, 1.165) is 24.3 Å². The number of hydrogen-bond acceptors (Lipinski definition) is 4. The first kappa shape index (κ1) is 13.1. The first-order valence-corrected chi connectivity index (χ1v) is 6.90. The molecule has 0 saturated carbocycles. The fourth-order valence-electron chi connectivity index (χ4n) is 2.87. The summed E-state index contributed by atoms with van der Waals surface area (Å²) in [5, 5.41) is 0. The van der Waals surface area contributed by atoms with Gasteiger partial charge in [0, 0.05) is 18.9 Å². The Labute approximate surface area is 118 Å². The SMILES string of the molecule is COC(=O)c1ccc2nc(CC3CCN(C)C3)cn2c1. The Kier molecular flexibility index (Phi) is 3.44. The van der Waals surface area contributed by atoms with Crippen molar-refractivity contribution in [3.05, 3.63) is 35.8 Å². The largest absolute Gasteiger partial charge is 0.465 e. The van der Waals surface area contributed by atoms with Gasteiger partial charge < -0.3 is 14.0 Å². The second-order valence-electron chi connectivity index (χ2n) is 5.53. The average Bonchev–Trinajstić information content (AvgIpc) is 3.02. The molecule has 0 aromatic carbocycles. The van der Waals surface area contributed by atoms with E-state index in [1.165, 1.54) is 20.1 Å². The molecule has 1 unspecified atom stereocenters. The molecule has 0 N–H and O–H groups in total. The summed E-state index contributed by atoms with van der Waals surface area (Å²) in [5.74, 6) is 0.365. The Morgan fingerprint density at radius 3 is 3.00 bits per heavy atom. The highest BCUT2D eigenvalue weighted by Crippen LogP contribution is 2.19. The lowest BCUT2D eigenvalue weighted by Gasteiger charge is -2.07. The van der Waals surface area contributed by atoms with Crippen LogP contribution >= 0.6 is 0 Å². The van der Waals surface area contributed by atoms with Crippen LogP contribution in [-0.4, -0.2) is 47.5 Å². The van der Waals surface area contributed by atoms with Crippen LogP contribution in [0.2, 0.25) is 0 Å². The maximum atomic E-state index is 11.5. The third kappa shape index (κ3) is 2.54. The third-order valence-corrected chi connectivity index (χ3v) is 3.91. The van der Waals surface area contributed by atoms with Gasteiger partial charge in [0.15, 0.2) is 0 Å². The highest BCUT2D eigenvalue weighted by molar-refractivity contribution is 5.89. The van der Waals surface area contributed by atoms with Gasteiger partial charge >= 0.3 is 5.97 Å². The molecule has 3 heterocycles. The molecule has 1 aliphatic heterocycles. The zero-order valence-electron chi connectivity index (χ0n) is 11.9. The molecule has 0 spiro atoms. The van der Waals surface area contributed by atoms with Crippen molar-refractivity contribution in [2.45, 2.75) is 12.8 Å². The average molecular weight is 273 g/mol. The number of pyridine rings is 1. The smallest absolute Gasteiger partial charge is 0.339 e. The molecule has 0 bridgehead atoms. The van der Waals surface area contributed by atoms with E-state index in [1.54, 1.807) is 12.3 Å². The summed E-state index contributed by atoms with van der Waals surface area (Å²) in [4.78, 5) is 18.5. The van der Waals surface area contributed by atoms with Crippen LogP contribution in [0.4, 0.5) is 0 Å². The van der Waals surface area contributed by atoms with Crippen molar-refractivity contribution in [3.63, 3.8) is 0 Å². The molecule has 20 heavy (non-hydrogen) atoms. The number of methoxy groups -OCH3 is 1. The summed E-state index contributed by atoms with van der Waals surface area (Å²) >= 11 is 0. The van der Waals surface area contributed by atoms with Gasteiger partial charge in [-0.2, -0.15) is 0 Å². The molecular weight excluding hydrogens is 254 g/mol. The Morgan fingerprint density at radius 2 is 2.30 bits per heavy atom. The lowest BCUT2D eigenvalue weighted by Crippen LogP contribution is -2.15. The van der Waals surface area contributed by atoms with Crippen molar-refractivity contribution in [3.8, 4) is 0 Å². The molecule has 2 aromatic heterocycles. The molecule has 1 atom stereocenters. The van der Waals surface area contributed by atoms with Crippen LogP contribution in [0.15, 0.2) is 24.5 Å². The van der Waals surface area contributed by atoms with E-state index in [9.17, 15) is 4.79 Å². The van der Waals surface area contributed by atoms with Gasteiger partial charge in [-0.3, -0.25) is 0 Å². The monoisotopic (exact) mass is 273 g/mol. The van der Waals surface area contributed by atoms with Crippen molar-refractivity contribution in [2.75, 3.05) is 27.2 Å². The Hall–Kier alpha value is -1.88. The number of ether oxygens (including phenoxy) is 1. The number of nitrogens with zero attached hydrogens (tertiary/aromatic N) is 3. The zero-order chi connectivity index (χ0) is 14.1. The number of aromatic nitrogens is 2. The number of fused-ring (bicyclic) bond motifs is 1. The summed E-state index contributed by atoms with van der Waals surface area (Å²) in [6.45, 7) is 2.31. The highest BCUT2D eigenvalue weighted by atomic mass is 16.5. The maximum absolute atomic E-state index is 11.5. The standard InChI is InChI=1S/C15H19N3O2/c1-17-6-5-11(8-17)7-13-10-18-9-12(15(19)20-2)3-4-14(18)16-13/h3-4,9-11H,5-8H2,1-2H3. The number of carbonyl (C=O) groups is 1. The minimum absolute atomic E-state index is 0.320. The minimum atomic E-state index is -0.320. The molecular formula is C15H19N3O2. The lowest BCUT2D eigenvalue weighted by atomic mass is 10.0. The summed E-state index contributed by atoms with van der Waals surface area (Å²) in [7, 11) is 3.55. The van der Waals surface area contributed by atoms with E-state index in [0.29, 0.717) is 11.5 Å². The number of imidazole rings is 1.